The van der Waals surface area contributed by atoms with Crippen LogP contribution in [0.4, 0.5) is 0 Å². The lowest BCUT2D eigenvalue weighted by Gasteiger charge is -2.37. The molecule has 0 spiro atoms. The Morgan fingerprint density at radius 2 is 1.83 bits per heavy atom. The highest BCUT2D eigenvalue weighted by Crippen LogP contribution is 2.52. The Morgan fingerprint density at radius 1 is 1.03 bits per heavy atom. The molecule has 0 amide bonds. The quantitative estimate of drug-likeness (QED) is 0.441. The maximum absolute atomic E-state index is 11.9. The van der Waals surface area contributed by atoms with Gasteiger partial charge in [0.25, 0.3) is 0 Å². The van der Waals surface area contributed by atoms with E-state index < -0.39 is 5.97 Å². The molecule has 1 N–H and O–H groups in total. The maximum Gasteiger partial charge on any atom is 0.335 e. The first kappa shape index (κ1) is 22.8. The van der Waals surface area contributed by atoms with Crippen molar-refractivity contribution in [3.05, 3.63) is 59.2 Å². The van der Waals surface area contributed by atoms with Gasteiger partial charge in [-0.2, -0.15) is 0 Å². The summed E-state index contributed by atoms with van der Waals surface area (Å²) in [6.07, 6.45) is 10.2. The molecule has 2 aromatic carbocycles. The third kappa shape index (κ3) is 4.00. The van der Waals surface area contributed by atoms with Crippen LogP contribution in [-0.4, -0.2) is 41.2 Å². The van der Waals surface area contributed by atoms with Crippen molar-refractivity contribution in [2.45, 2.75) is 69.7 Å². The van der Waals surface area contributed by atoms with E-state index in [4.69, 9.17) is 0 Å². The molecule has 3 aliphatic rings. The number of aromatic carboxylic acids is 1. The van der Waals surface area contributed by atoms with Gasteiger partial charge in [0.05, 0.1) is 11.3 Å². The highest BCUT2D eigenvalue weighted by molar-refractivity contribution is 5.98. The van der Waals surface area contributed by atoms with Crippen LogP contribution in [0.2, 0.25) is 0 Å². The Kier molecular flexibility index (Phi) is 5.96. The zero-order valence-electron chi connectivity index (χ0n) is 21.2. The van der Waals surface area contributed by atoms with Gasteiger partial charge in [0.1, 0.15) is 0 Å². The molecule has 0 radical (unpaired) electrons. The van der Waals surface area contributed by atoms with Crippen molar-refractivity contribution in [2.24, 2.45) is 11.8 Å². The smallest absolute Gasteiger partial charge is 0.335 e. The van der Waals surface area contributed by atoms with Crippen LogP contribution in [0.3, 0.4) is 0 Å². The number of nitrogens with zero attached hydrogens (tertiary/aromatic N) is 2. The van der Waals surface area contributed by atoms with Crippen molar-refractivity contribution in [1.29, 1.82) is 0 Å². The first-order chi connectivity index (χ1) is 17.0. The summed E-state index contributed by atoms with van der Waals surface area (Å²) in [6.45, 7) is 2.14. The first-order valence-electron chi connectivity index (χ1n) is 13.6. The predicted octanol–water partition coefficient (Wildman–Crippen LogP) is 7.13. The first-order valence-corrected chi connectivity index (χ1v) is 13.6. The van der Waals surface area contributed by atoms with Gasteiger partial charge in [0.15, 0.2) is 0 Å². The Morgan fingerprint density at radius 3 is 2.60 bits per heavy atom. The van der Waals surface area contributed by atoms with Crippen LogP contribution < -0.4 is 0 Å². The van der Waals surface area contributed by atoms with E-state index >= 15 is 0 Å². The molecule has 2 aliphatic carbocycles. The molecule has 0 saturated heterocycles. The summed E-state index contributed by atoms with van der Waals surface area (Å²) in [5.74, 6) is 1.63. The molecule has 3 unspecified atom stereocenters. The van der Waals surface area contributed by atoms with Crippen molar-refractivity contribution >= 4 is 16.9 Å². The number of carboxylic acids is 1. The fourth-order valence-electron chi connectivity index (χ4n) is 7.72. The van der Waals surface area contributed by atoms with Crippen LogP contribution in [0.1, 0.15) is 84.7 Å². The van der Waals surface area contributed by atoms with E-state index in [1.54, 1.807) is 0 Å². The van der Waals surface area contributed by atoms with E-state index in [1.807, 2.05) is 12.1 Å². The number of hydrogen-bond donors (Lipinski definition) is 1. The third-order valence-electron chi connectivity index (χ3n) is 9.11. The minimum absolute atomic E-state index is 0.399. The second kappa shape index (κ2) is 9.13. The molecule has 2 heterocycles. The lowest BCUT2D eigenvalue weighted by molar-refractivity contribution is 0.0697. The Bertz CT molecular complexity index is 1250. The highest BCUT2D eigenvalue weighted by Gasteiger charge is 2.38. The lowest BCUT2D eigenvalue weighted by Crippen LogP contribution is -2.31. The van der Waals surface area contributed by atoms with E-state index in [9.17, 15) is 9.90 Å². The number of carboxylic acid groups (broad SMARTS) is 1. The van der Waals surface area contributed by atoms with E-state index in [1.165, 1.54) is 79.1 Å². The summed E-state index contributed by atoms with van der Waals surface area (Å²) in [5, 5.41) is 11.1. The highest BCUT2D eigenvalue weighted by atomic mass is 16.4. The van der Waals surface area contributed by atoms with Crippen molar-refractivity contribution in [3.63, 3.8) is 0 Å². The predicted molar refractivity (Wildman–Crippen MR) is 142 cm³/mol. The molecule has 3 aromatic rings. The van der Waals surface area contributed by atoms with Crippen molar-refractivity contribution in [3.8, 4) is 11.3 Å². The Hall–Kier alpha value is -2.59. The molecule has 1 aromatic heterocycles. The fourth-order valence-corrected chi connectivity index (χ4v) is 7.72. The molecule has 0 bridgehead atoms. The van der Waals surface area contributed by atoms with Crippen molar-refractivity contribution in [2.75, 3.05) is 20.6 Å². The molecule has 3 atom stereocenters. The van der Waals surface area contributed by atoms with Gasteiger partial charge in [-0.3, -0.25) is 0 Å². The van der Waals surface area contributed by atoms with Gasteiger partial charge in [0, 0.05) is 29.6 Å². The van der Waals surface area contributed by atoms with Crippen molar-refractivity contribution in [1.82, 2.24) is 9.47 Å². The molecule has 184 valence electrons. The summed E-state index contributed by atoms with van der Waals surface area (Å²) in [4.78, 5) is 14.3. The van der Waals surface area contributed by atoms with Crippen LogP contribution in [0.15, 0.2) is 42.5 Å². The average Bonchev–Trinajstić information content (AvgIpc) is 3.10. The van der Waals surface area contributed by atoms with E-state index in [2.05, 4.69) is 53.9 Å². The van der Waals surface area contributed by atoms with Crippen LogP contribution in [0.25, 0.3) is 22.2 Å². The minimum atomic E-state index is -0.836. The normalized spacial score (nSPS) is 24.6. The second-order valence-electron chi connectivity index (χ2n) is 11.6. The SMILES string of the molecule is CN(C)CC1CCC2c3ccccc3-c3c(C4CCCCC4)c4ccc(C(=O)O)cc4n3CC2C1. The summed E-state index contributed by atoms with van der Waals surface area (Å²) >= 11 is 0. The zero-order chi connectivity index (χ0) is 24.1. The van der Waals surface area contributed by atoms with Gasteiger partial charge < -0.3 is 14.6 Å². The largest absolute Gasteiger partial charge is 0.478 e. The Labute approximate surface area is 208 Å². The summed E-state index contributed by atoms with van der Waals surface area (Å²) < 4.78 is 2.55. The van der Waals surface area contributed by atoms with Gasteiger partial charge in [-0.25, -0.2) is 4.79 Å². The van der Waals surface area contributed by atoms with Crippen molar-refractivity contribution < 1.29 is 9.90 Å². The van der Waals surface area contributed by atoms with Gasteiger partial charge in [-0.05, 0) is 93.1 Å². The average molecular weight is 471 g/mol. The topological polar surface area (TPSA) is 45.5 Å². The molecule has 35 heavy (non-hydrogen) atoms. The minimum Gasteiger partial charge on any atom is -0.478 e. The summed E-state index contributed by atoms with van der Waals surface area (Å²) in [6, 6.07) is 15.0. The molecule has 2 fully saturated rings. The van der Waals surface area contributed by atoms with Gasteiger partial charge in [-0.1, -0.05) is 49.6 Å². The second-order valence-corrected chi connectivity index (χ2v) is 11.6. The number of hydrogen-bond acceptors (Lipinski definition) is 2. The molecular formula is C31H38N2O2. The summed E-state index contributed by atoms with van der Waals surface area (Å²) in [5.41, 5.74) is 7.34. The molecule has 1 aliphatic heterocycles. The fraction of sp³-hybridized carbons (Fsp3) is 0.516. The molecule has 6 rings (SSSR count). The monoisotopic (exact) mass is 470 g/mol. The zero-order valence-corrected chi connectivity index (χ0v) is 21.2. The standard InChI is InChI=1S/C31H38N2O2/c1-32(2)18-20-12-14-24-23(16-20)19-33-28-17-22(31(34)35)13-15-27(28)29(21-8-4-3-5-9-21)30(33)26-11-7-6-10-25(24)26/h6-7,10-11,13,15,17,20-21,23-24H,3-5,8-9,12,14,16,18-19H2,1-2H3,(H,34,35). The van der Waals surface area contributed by atoms with Gasteiger partial charge in [-0.15, -0.1) is 0 Å². The molecule has 4 heteroatoms. The number of benzene rings is 2. The van der Waals surface area contributed by atoms with Gasteiger partial charge >= 0.3 is 5.97 Å². The number of fused-ring (bicyclic) bond motifs is 7. The molecule has 2 saturated carbocycles. The molecule has 4 nitrogen and oxygen atoms in total. The number of aromatic nitrogens is 1. The van der Waals surface area contributed by atoms with E-state index in [0.717, 1.165) is 24.5 Å². The van der Waals surface area contributed by atoms with Crippen LogP contribution in [-0.2, 0) is 6.54 Å². The maximum atomic E-state index is 11.9. The van der Waals surface area contributed by atoms with Crippen LogP contribution >= 0.6 is 0 Å². The van der Waals surface area contributed by atoms with Crippen LogP contribution in [0, 0.1) is 11.8 Å². The van der Waals surface area contributed by atoms with Gasteiger partial charge in [0.2, 0.25) is 0 Å². The Balaban J connectivity index is 1.57. The third-order valence-corrected chi connectivity index (χ3v) is 9.11. The summed E-state index contributed by atoms with van der Waals surface area (Å²) in [7, 11) is 4.38. The van der Waals surface area contributed by atoms with E-state index in [-0.39, 0.29) is 0 Å². The molecular weight excluding hydrogens is 432 g/mol. The number of rotatable bonds is 4. The number of carbonyl (C=O) groups is 1. The van der Waals surface area contributed by atoms with E-state index in [0.29, 0.717) is 23.3 Å². The lowest BCUT2D eigenvalue weighted by atomic mass is 9.70. The van der Waals surface area contributed by atoms with Crippen LogP contribution in [0.5, 0.6) is 0 Å².